The first-order valence-electron chi connectivity index (χ1n) is 39.0. The van der Waals surface area contributed by atoms with Gasteiger partial charge in [0.25, 0.3) is 0 Å². The van der Waals surface area contributed by atoms with Gasteiger partial charge in [-0.05, 0) is 217 Å². The number of hydrogen-bond acceptors (Lipinski definition) is 20. The highest BCUT2D eigenvalue weighted by Gasteiger charge is 2.23. The molecule has 0 aliphatic rings. The second-order valence-corrected chi connectivity index (χ2v) is 29.3. The van der Waals surface area contributed by atoms with Crippen LogP contribution in [0.3, 0.4) is 0 Å². The third kappa shape index (κ3) is 23.7. The molecule has 0 radical (unpaired) electrons. The molecule has 20 heteroatoms. The number of phenolic OH excluding ortho intramolecular Hbond substituents is 3. The summed E-state index contributed by atoms with van der Waals surface area (Å²) in [5.74, 6) is 5.25. The number of aliphatic hydroxyl groups is 1. The summed E-state index contributed by atoms with van der Waals surface area (Å²) in [5.41, 5.74) is 20.1. The number of carbonyl (C=O) groups is 2. The zero-order valence-corrected chi connectivity index (χ0v) is 67.3. The monoisotopic (exact) mass is 1560 g/mol. The molecule has 604 valence electrons. The topological polar surface area (TPSA) is 277 Å². The van der Waals surface area contributed by atoms with E-state index in [4.69, 9.17) is 73.6 Å². The SMILES string of the molecule is C.C.Cc1ccc(-c2nc(-c3ccc(C)cc3C)nc(-c3ccc(OCCCCCCOC(=O)CCCCC(=O)OCCCCCCOc4ccc(-c5nc(-c6ccc(C)cc6C)nc(-c6ccc(C)cc6C)n5)c(O)c4)cc3O)n2)c(C)c1.Cc1ccc(-c2nc(-c3ccc(C)cc3C)nc(-c3ccc(OCO)cc3O)n2)c(C)c1. The molecule has 0 saturated carbocycles. The number of aromatic nitrogens is 9. The number of ether oxygens (including phenoxy) is 5. The fourth-order valence-corrected chi connectivity index (χ4v) is 13.6. The smallest absolute Gasteiger partial charge is 0.305 e. The lowest BCUT2D eigenvalue weighted by Crippen LogP contribution is -2.08. The van der Waals surface area contributed by atoms with Gasteiger partial charge in [-0.1, -0.05) is 157 Å². The van der Waals surface area contributed by atoms with Crippen molar-refractivity contribution in [1.82, 2.24) is 44.9 Å². The number of carbonyl (C=O) groups excluding carboxylic acids is 2. The van der Waals surface area contributed by atoms with Crippen LogP contribution < -0.4 is 14.2 Å². The molecule has 3 aromatic heterocycles. The molecule has 4 N–H and O–H groups in total. The van der Waals surface area contributed by atoms with Crippen LogP contribution in [0.5, 0.6) is 34.5 Å². The molecule has 0 aliphatic heterocycles. The summed E-state index contributed by atoms with van der Waals surface area (Å²) in [4.78, 5) is 68.0. The molecule has 0 aliphatic carbocycles. The lowest BCUT2D eigenvalue weighted by atomic mass is 10.0. The van der Waals surface area contributed by atoms with Gasteiger partial charge in [-0.25, -0.2) is 44.9 Å². The average Bonchev–Trinajstić information content (AvgIpc) is 0.791. The van der Waals surface area contributed by atoms with E-state index in [1.54, 1.807) is 36.4 Å². The van der Waals surface area contributed by atoms with Crippen molar-refractivity contribution in [2.24, 2.45) is 0 Å². The van der Waals surface area contributed by atoms with E-state index >= 15 is 0 Å². The first-order chi connectivity index (χ1) is 54.9. The third-order valence-electron chi connectivity index (χ3n) is 19.7. The first kappa shape index (κ1) is 87.7. The number of aliphatic hydroxyl groups excluding tert-OH is 1. The summed E-state index contributed by atoms with van der Waals surface area (Å²) in [6.07, 6.45) is 8.27. The fourth-order valence-electron chi connectivity index (χ4n) is 13.6. The van der Waals surface area contributed by atoms with Crippen LogP contribution in [-0.4, -0.2) is 110 Å². The van der Waals surface area contributed by atoms with E-state index < -0.39 is 6.79 Å². The molecule has 12 aromatic rings. The maximum atomic E-state index is 12.3. The lowest BCUT2D eigenvalue weighted by Gasteiger charge is -2.13. The minimum absolute atomic E-state index is 0. The first-order valence-corrected chi connectivity index (χ1v) is 39.0. The van der Waals surface area contributed by atoms with Gasteiger partial charge >= 0.3 is 11.9 Å². The van der Waals surface area contributed by atoms with E-state index in [1.165, 1.54) is 6.07 Å². The average molecular weight is 1560 g/mol. The van der Waals surface area contributed by atoms with Crippen LogP contribution >= 0.6 is 0 Å². The highest BCUT2D eigenvalue weighted by Crippen LogP contribution is 2.39. The van der Waals surface area contributed by atoms with E-state index in [2.05, 4.69) is 64.1 Å². The van der Waals surface area contributed by atoms with Crippen LogP contribution in [0.15, 0.2) is 164 Å². The fraction of sp³-hybridized carbons (Fsp3) is 0.323. The predicted octanol–water partition coefficient (Wildman–Crippen LogP) is 21.6. The molecular weight excluding hydrogens is 1460 g/mol. The lowest BCUT2D eigenvalue weighted by molar-refractivity contribution is -0.146. The van der Waals surface area contributed by atoms with Crippen molar-refractivity contribution in [2.45, 2.75) is 175 Å². The van der Waals surface area contributed by atoms with Gasteiger partial charge in [0.05, 0.1) is 43.1 Å². The Kier molecular flexibility index (Phi) is 31.5. The maximum absolute atomic E-state index is 12.3. The minimum atomic E-state index is -0.474. The number of unbranched alkanes of at least 4 members (excludes halogenated alkanes) is 7. The molecular formula is C96H109N9O11. The van der Waals surface area contributed by atoms with Gasteiger partial charge in [0.15, 0.2) is 59.2 Å². The van der Waals surface area contributed by atoms with Crippen LogP contribution in [-0.2, 0) is 19.1 Å². The largest absolute Gasteiger partial charge is 0.507 e. The number of hydrogen-bond donors (Lipinski definition) is 4. The third-order valence-corrected chi connectivity index (χ3v) is 19.7. The summed E-state index contributed by atoms with van der Waals surface area (Å²) in [7, 11) is 0. The van der Waals surface area contributed by atoms with E-state index in [-0.39, 0.29) is 56.9 Å². The van der Waals surface area contributed by atoms with Crippen molar-refractivity contribution in [3.8, 4) is 137 Å². The molecule has 0 atom stereocenters. The molecule has 0 fully saturated rings. The molecule has 116 heavy (non-hydrogen) atoms. The number of aryl methyl sites for hydroxylation is 12. The Morgan fingerprint density at radius 3 is 0.681 bits per heavy atom. The van der Waals surface area contributed by atoms with E-state index in [0.29, 0.717) is 126 Å². The molecule has 0 spiro atoms. The number of benzene rings is 9. The van der Waals surface area contributed by atoms with Gasteiger partial charge in [-0.2, -0.15) is 0 Å². The summed E-state index contributed by atoms with van der Waals surface area (Å²) in [5, 5.41) is 42.0. The second kappa shape index (κ2) is 41.7. The van der Waals surface area contributed by atoms with Crippen LogP contribution in [0, 0.1) is 83.1 Å². The summed E-state index contributed by atoms with van der Waals surface area (Å²) in [6.45, 7) is 25.7. The van der Waals surface area contributed by atoms with Crippen molar-refractivity contribution in [1.29, 1.82) is 0 Å². The van der Waals surface area contributed by atoms with Crippen LogP contribution in [0.2, 0.25) is 0 Å². The number of rotatable bonds is 32. The molecule has 12 rings (SSSR count). The number of phenols is 3. The molecule has 0 bridgehead atoms. The predicted molar refractivity (Wildman–Crippen MR) is 460 cm³/mol. The van der Waals surface area contributed by atoms with E-state index in [9.17, 15) is 24.9 Å². The van der Waals surface area contributed by atoms with Gasteiger partial charge in [-0.3, -0.25) is 9.59 Å². The van der Waals surface area contributed by atoms with Crippen molar-refractivity contribution < 1.29 is 53.7 Å². The molecule has 0 amide bonds. The Labute approximate surface area is 682 Å². The second-order valence-electron chi connectivity index (χ2n) is 29.3. The Morgan fingerprint density at radius 2 is 0.466 bits per heavy atom. The van der Waals surface area contributed by atoms with Gasteiger partial charge < -0.3 is 44.1 Å². The summed E-state index contributed by atoms with van der Waals surface area (Å²) >= 11 is 0. The summed E-state index contributed by atoms with van der Waals surface area (Å²) < 4.78 is 27.9. The van der Waals surface area contributed by atoms with Crippen LogP contribution in [0.4, 0.5) is 0 Å². The molecule has 20 nitrogen and oxygen atoms in total. The van der Waals surface area contributed by atoms with Crippen molar-refractivity contribution in [3.05, 3.63) is 231 Å². The normalized spacial score (nSPS) is 10.9. The van der Waals surface area contributed by atoms with Gasteiger partial charge in [0.1, 0.15) is 34.5 Å². The van der Waals surface area contributed by atoms with Crippen molar-refractivity contribution in [2.75, 3.05) is 33.2 Å². The zero-order chi connectivity index (χ0) is 81.0. The number of esters is 2. The Morgan fingerprint density at radius 1 is 0.259 bits per heavy atom. The molecule has 0 unspecified atom stereocenters. The standard InChI is InChI=1S/C68H76N6O8.C26H25N3O3.2CH4/c1-43-21-27-53(47(5)37-43)63-69-64(54-28-22-44(2)38-48(54)6)72-67(71-63)57-31-25-51(41-59(57)75)79-33-15-9-11-17-35-81-61(77)19-13-14-20-62(78)82-36-18-12-10-16-34-80-52-26-32-58(60(76)42-52)68-73-65(55-29-23-45(3)39-49(55)7)70-66(74-68)56-30-24-46(4)40-50(56)8;1-15-5-8-20(17(3)11-15)24-27-25(21-9-6-16(2)12-18(21)4)29-26(28-24)22-10-7-19(32-14-30)13-23(22)31;;/h21-32,37-42,75-76H,9-20,33-36H2,1-8H3;5-13,30-31H,14H2,1-4H3;2*1H4. The Bertz CT molecular complexity index is 4980. The van der Waals surface area contributed by atoms with Gasteiger partial charge in [0.2, 0.25) is 0 Å². The van der Waals surface area contributed by atoms with Crippen molar-refractivity contribution >= 4 is 11.9 Å². The highest BCUT2D eigenvalue weighted by molar-refractivity contribution is 5.77. The van der Waals surface area contributed by atoms with Gasteiger partial charge in [0, 0.05) is 64.4 Å². The molecule has 9 aromatic carbocycles. The quantitative estimate of drug-likeness (QED) is 0.0173. The van der Waals surface area contributed by atoms with E-state index in [0.717, 1.165) is 152 Å². The van der Waals surface area contributed by atoms with Crippen LogP contribution in [0.1, 0.15) is 159 Å². The maximum Gasteiger partial charge on any atom is 0.305 e. The number of aromatic hydroxyl groups is 3. The highest BCUT2D eigenvalue weighted by atomic mass is 16.6. The minimum Gasteiger partial charge on any atom is -0.507 e. The Balaban J connectivity index is 0.000000376. The number of nitrogens with zero attached hydrogens (tertiary/aromatic N) is 9. The van der Waals surface area contributed by atoms with E-state index in [1.807, 2.05) is 140 Å². The summed E-state index contributed by atoms with van der Waals surface area (Å²) in [6, 6.07) is 52.1. The zero-order valence-electron chi connectivity index (χ0n) is 67.3. The molecule has 3 heterocycles. The molecule has 0 saturated heterocycles. The van der Waals surface area contributed by atoms with Crippen LogP contribution in [0.25, 0.3) is 102 Å². The van der Waals surface area contributed by atoms with Gasteiger partial charge in [-0.15, -0.1) is 0 Å². The van der Waals surface area contributed by atoms with Crippen molar-refractivity contribution in [3.63, 3.8) is 0 Å². The Hall–Kier alpha value is -12.3.